The number of rotatable bonds is 6. The zero-order valence-electron chi connectivity index (χ0n) is 12.4. The summed E-state index contributed by atoms with van der Waals surface area (Å²) in [6.07, 6.45) is 0.638. The van der Waals surface area contributed by atoms with E-state index in [-0.39, 0.29) is 0 Å². The third-order valence-electron chi connectivity index (χ3n) is 3.59. The Morgan fingerprint density at radius 2 is 1.62 bits per heavy atom. The van der Waals surface area contributed by atoms with Crippen molar-refractivity contribution in [1.29, 1.82) is 5.26 Å². The average Bonchev–Trinajstić information content (AvgIpc) is 2.56. The highest BCUT2D eigenvalue weighted by Crippen LogP contribution is 2.27. The van der Waals surface area contributed by atoms with Crippen LogP contribution in [0.1, 0.15) is 18.9 Å². The van der Waals surface area contributed by atoms with Gasteiger partial charge < -0.3 is 9.47 Å². The molecule has 0 aliphatic carbocycles. The van der Waals surface area contributed by atoms with Crippen LogP contribution in [0.15, 0.2) is 54.6 Å². The summed E-state index contributed by atoms with van der Waals surface area (Å²) in [5, 5.41) is 9.48. The van der Waals surface area contributed by atoms with Gasteiger partial charge in [-0.15, -0.1) is 0 Å². The second-order valence-corrected chi connectivity index (χ2v) is 5.08. The van der Waals surface area contributed by atoms with Crippen molar-refractivity contribution in [3.05, 3.63) is 60.2 Å². The predicted molar refractivity (Wildman–Crippen MR) is 82.5 cm³/mol. The smallest absolute Gasteiger partial charge is 0.119 e. The second-order valence-electron chi connectivity index (χ2n) is 5.08. The summed E-state index contributed by atoms with van der Waals surface area (Å²) in [7, 11) is 1.63. The number of ether oxygens (including phenoxy) is 2. The molecule has 0 bridgehead atoms. The fraction of sp³-hybridized carbons (Fsp3) is 0.278. The maximum Gasteiger partial charge on any atom is 0.119 e. The summed E-state index contributed by atoms with van der Waals surface area (Å²) in [5.41, 5.74) is 0.485. The molecule has 21 heavy (non-hydrogen) atoms. The van der Waals surface area contributed by atoms with Crippen LogP contribution in [0.2, 0.25) is 0 Å². The highest BCUT2D eigenvalue weighted by molar-refractivity contribution is 5.32. The van der Waals surface area contributed by atoms with Crippen LogP contribution in [0.4, 0.5) is 0 Å². The summed E-state index contributed by atoms with van der Waals surface area (Å²) in [6, 6.07) is 19.7. The highest BCUT2D eigenvalue weighted by Gasteiger charge is 2.26. The van der Waals surface area contributed by atoms with Gasteiger partial charge in [-0.25, -0.2) is 0 Å². The van der Waals surface area contributed by atoms with Crippen LogP contribution in [0.3, 0.4) is 0 Å². The number of nitrogens with zero attached hydrogens (tertiary/aromatic N) is 1. The Morgan fingerprint density at radius 1 is 1.00 bits per heavy atom. The average molecular weight is 281 g/mol. The molecule has 2 aromatic rings. The van der Waals surface area contributed by atoms with Gasteiger partial charge in [0.1, 0.15) is 11.5 Å². The molecule has 0 heterocycles. The van der Waals surface area contributed by atoms with Crippen molar-refractivity contribution in [3.8, 4) is 17.6 Å². The topological polar surface area (TPSA) is 42.2 Å². The van der Waals surface area contributed by atoms with Crippen LogP contribution >= 0.6 is 0 Å². The van der Waals surface area contributed by atoms with Crippen LogP contribution in [0, 0.1) is 11.3 Å². The van der Waals surface area contributed by atoms with E-state index in [4.69, 9.17) is 9.47 Å². The van der Waals surface area contributed by atoms with E-state index in [1.54, 1.807) is 7.11 Å². The lowest BCUT2D eigenvalue weighted by Gasteiger charge is -2.22. The van der Waals surface area contributed by atoms with E-state index in [9.17, 15) is 5.26 Å². The highest BCUT2D eigenvalue weighted by atomic mass is 16.5. The monoisotopic (exact) mass is 281 g/mol. The van der Waals surface area contributed by atoms with Crippen molar-refractivity contribution in [2.24, 2.45) is 0 Å². The molecule has 0 fully saturated rings. The molecule has 0 aromatic heterocycles. The Labute approximate surface area is 125 Å². The number of nitriles is 1. The Bertz CT molecular complexity index is 601. The third kappa shape index (κ3) is 3.76. The summed E-state index contributed by atoms with van der Waals surface area (Å²) in [6.45, 7) is 2.44. The van der Waals surface area contributed by atoms with Gasteiger partial charge in [0.15, 0.2) is 0 Å². The molecule has 1 atom stereocenters. The fourth-order valence-corrected chi connectivity index (χ4v) is 2.12. The minimum absolute atomic E-state index is 0.491. The van der Waals surface area contributed by atoms with Gasteiger partial charge in [0.05, 0.1) is 25.2 Å². The van der Waals surface area contributed by atoms with E-state index in [1.807, 2.05) is 61.5 Å². The lowest BCUT2D eigenvalue weighted by molar-refractivity contribution is 0.285. The second kappa shape index (κ2) is 6.81. The lowest BCUT2D eigenvalue weighted by atomic mass is 9.81. The predicted octanol–water partition coefficient (Wildman–Crippen LogP) is 3.95. The van der Waals surface area contributed by atoms with Crippen molar-refractivity contribution in [3.63, 3.8) is 0 Å². The number of benzene rings is 2. The molecule has 2 rings (SSSR count). The minimum Gasteiger partial charge on any atom is -0.497 e. The molecule has 3 heteroatoms. The lowest BCUT2D eigenvalue weighted by Crippen LogP contribution is -2.22. The summed E-state index contributed by atoms with van der Waals surface area (Å²) >= 11 is 0. The van der Waals surface area contributed by atoms with Crippen molar-refractivity contribution in [2.45, 2.75) is 18.8 Å². The summed E-state index contributed by atoms with van der Waals surface area (Å²) in [4.78, 5) is 0. The Morgan fingerprint density at radius 3 is 2.19 bits per heavy atom. The molecule has 0 amide bonds. The normalized spacial score (nSPS) is 13.0. The Balaban J connectivity index is 1.96. The van der Waals surface area contributed by atoms with Gasteiger partial charge in [-0.05, 0) is 36.8 Å². The first-order valence-electron chi connectivity index (χ1n) is 6.91. The first-order valence-corrected chi connectivity index (χ1v) is 6.91. The first kappa shape index (κ1) is 14.9. The van der Waals surface area contributed by atoms with Crippen molar-refractivity contribution >= 4 is 0 Å². The molecule has 0 spiro atoms. The number of hydrogen-bond acceptors (Lipinski definition) is 3. The summed E-state index contributed by atoms with van der Waals surface area (Å²) < 4.78 is 10.8. The van der Waals surface area contributed by atoms with Gasteiger partial charge >= 0.3 is 0 Å². The quantitative estimate of drug-likeness (QED) is 0.805. The van der Waals surface area contributed by atoms with Crippen molar-refractivity contribution in [2.75, 3.05) is 13.7 Å². The van der Waals surface area contributed by atoms with Crippen molar-refractivity contribution < 1.29 is 9.47 Å². The molecule has 0 saturated carbocycles. The SMILES string of the molecule is COc1ccc(OCCC(C)(C#N)c2ccccc2)cc1. The fourth-order valence-electron chi connectivity index (χ4n) is 2.12. The molecular weight excluding hydrogens is 262 g/mol. The number of hydrogen-bond donors (Lipinski definition) is 0. The molecule has 0 aliphatic rings. The van der Waals surface area contributed by atoms with Crippen LogP contribution in [-0.4, -0.2) is 13.7 Å². The van der Waals surface area contributed by atoms with Gasteiger partial charge in [0.25, 0.3) is 0 Å². The van der Waals surface area contributed by atoms with Crippen molar-refractivity contribution in [1.82, 2.24) is 0 Å². The van der Waals surface area contributed by atoms with E-state index in [0.717, 1.165) is 17.1 Å². The van der Waals surface area contributed by atoms with E-state index in [2.05, 4.69) is 6.07 Å². The standard InChI is InChI=1S/C18H19NO2/c1-18(14-19,15-6-4-3-5-7-15)12-13-21-17-10-8-16(20-2)9-11-17/h3-11H,12-13H2,1-2H3. The van der Waals surface area contributed by atoms with Crippen LogP contribution in [0.25, 0.3) is 0 Å². The third-order valence-corrected chi connectivity index (χ3v) is 3.59. The van der Waals surface area contributed by atoms with E-state index < -0.39 is 5.41 Å². The zero-order valence-corrected chi connectivity index (χ0v) is 12.4. The zero-order chi connectivity index (χ0) is 15.1. The molecular formula is C18H19NO2. The minimum atomic E-state index is -0.534. The molecule has 1 unspecified atom stereocenters. The first-order chi connectivity index (χ1) is 10.2. The van der Waals surface area contributed by atoms with Crippen LogP contribution in [-0.2, 0) is 5.41 Å². The van der Waals surface area contributed by atoms with Gasteiger partial charge in [0.2, 0.25) is 0 Å². The van der Waals surface area contributed by atoms with E-state index in [0.29, 0.717) is 13.0 Å². The summed E-state index contributed by atoms with van der Waals surface area (Å²) in [5.74, 6) is 1.58. The number of methoxy groups -OCH3 is 1. The van der Waals surface area contributed by atoms with Gasteiger partial charge in [-0.3, -0.25) is 0 Å². The maximum absolute atomic E-state index is 9.48. The largest absolute Gasteiger partial charge is 0.497 e. The molecule has 2 aromatic carbocycles. The van der Waals surface area contributed by atoms with Crippen LogP contribution in [0.5, 0.6) is 11.5 Å². The Kier molecular flexibility index (Phi) is 4.84. The Hall–Kier alpha value is -2.47. The molecule has 0 saturated heterocycles. The molecule has 3 nitrogen and oxygen atoms in total. The molecule has 0 N–H and O–H groups in total. The maximum atomic E-state index is 9.48. The van der Waals surface area contributed by atoms with Gasteiger partial charge in [-0.2, -0.15) is 5.26 Å². The van der Waals surface area contributed by atoms with E-state index in [1.165, 1.54) is 0 Å². The van der Waals surface area contributed by atoms with Gasteiger partial charge in [-0.1, -0.05) is 30.3 Å². The molecule has 0 radical (unpaired) electrons. The molecule has 0 aliphatic heterocycles. The van der Waals surface area contributed by atoms with Gasteiger partial charge in [0, 0.05) is 6.42 Å². The van der Waals surface area contributed by atoms with E-state index >= 15 is 0 Å². The molecule has 108 valence electrons. The van der Waals surface area contributed by atoms with Crippen LogP contribution < -0.4 is 9.47 Å².